The number of anilines is 3. The number of nitrogens with two attached hydrogens (primary N) is 1. The summed E-state index contributed by atoms with van der Waals surface area (Å²) in [6, 6.07) is 8.69. The van der Waals surface area contributed by atoms with E-state index in [1.54, 1.807) is 12.1 Å². The van der Waals surface area contributed by atoms with Gasteiger partial charge in [0.1, 0.15) is 11.6 Å². The molecule has 0 unspecified atom stereocenters. The summed E-state index contributed by atoms with van der Waals surface area (Å²) in [5.41, 5.74) is 10.2. The van der Waals surface area contributed by atoms with Crippen molar-refractivity contribution in [2.24, 2.45) is 0 Å². The third kappa shape index (κ3) is 4.28. The zero-order valence-corrected chi connectivity index (χ0v) is 20.1. The third-order valence-corrected chi connectivity index (χ3v) is 7.95. The van der Waals surface area contributed by atoms with Crippen molar-refractivity contribution < 1.29 is 12.8 Å². The lowest BCUT2D eigenvalue weighted by atomic mass is 9.88. The number of nitrogens with zero attached hydrogens (tertiary/aromatic N) is 4. The molecule has 2 heterocycles. The van der Waals surface area contributed by atoms with Gasteiger partial charge in [0.05, 0.1) is 15.6 Å². The van der Waals surface area contributed by atoms with E-state index in [0.29, 0.717) is 12.1 Å². The number of nitrogens with one attached hydrogen (secondary N) is 1. The molecule has 0 saturated carbocycles. The van der Waals surface area contributed by atoms with Gasteiger partial charge in [-0.2, -0.15) is 4.98 Å². The first-order valence-electron chi connectivity index (χ1n) is 10.9. The molecule has 5 rings (SSSR count). The molecule has 11 heteroatoms. The van der Waals surface area contributed by atoms with Crippen LogP contribution in [0.4, 0.5) is 21.8 Å². The molecule has 0 amide bonds. The predicted molar refractivity (Wildman–Crippen MR) is 131 cm³/mol. The highest BCUT2D eigenvalue weighted by molar-refractivity contribution is 7.92. The number of rotatable bonds is 4. The monoisotopic (exact) mass is 502 g/mol. The summed E-state index contributed by atoms with van der Waals surface area (Å²) in [4.78, 5) is 13.4. The first kappa shape index (κ1) is 22.8. The van der Waals surface area contributed by atoms with Crippen molar-refractivity contribution in [1.82, 2.24) is 14.9 Å². The molecule has 3 N–H and O–H groups in total. The Bertz CT molecular complexity index is 1380. The molecule has 178 valence electrons. The molecule has 0 radical (unpaired) electrons. The number of aromatic nitrogens is 2. The minimum absolute atomic E-state index is 0.136. The molecule has 0 atom stereocenters. The van der Waals surface area contributed by atoms with E-state index >= 15 is 0 Å². The van der Waals surface area contributed by atoms with Crippen LogP contribution >= 0.6 is 11.6 Å². The van der Waals surface area contributed by atoms with Gasteiger partial charge in [-0.05, 0) is 55.8 Å². The quantitative estimate of drug-likeness (QED) is 0.564. The molecule has 1 aromatic heterocycles. The molecular weight excluding hydrogens is 479 g/mol. The van der Waals surface area contributed by atoms with Gasteiger partial charge in [0.2, 0.25) is 5.95 Å². The maximum absolute atomic E-state index is 13.8. The Labute approximate surface area is 202 Å². The highest BCUT2D eigenvalue weighted by Crippen LogP contribution is 2.38. The number of sulfonamides is 1. The predicted octanol–water partition coefficient (Wildman–Crippen LogP) is 3.17. The summed E-state index contributed by atoms with van der Waals surface area (Å²) in [6.07, 6.45) is 1.43. The van der Waals surface area contributed by atoms with Gasteiger partial charge in [0, 0.05) is 43.0 Å². The molecule has 34 heavy (non-hydrogen) atoms. The fourth-order valence-corrected chi connectivity index (χ4v) is 5.61. The van der Waals surface area contributed by atoms with Gasteiger partial charge in [-0.15, -0.1) is 0 Å². The van der Waals surface area contributed by atoms with Crippen molar-refractivity contribution in [3.8, 4) is 11.3 Å². The molecule has 8 nitrogen and oxygen atoms in total. The van der Waals surface area contributed by atoms with Crippen molar-refractivity contribution in [1.29, 1.82) is 0 Å². The van der Waals surface area contributed by atoms with Gasteiger partial charge in [-0.25, -0.2) is 17.8 Å². The molecule has 2 aromatic carbocycles. The summed E-state index contributed by atoms with van der Waals surface area (Å²) in [6.45, 7) is 3.66. The first-order chi connectivity index (χ1) is 16.2. The zero-order valence-electron chi connectivity index (χ0n) is 18.6. The standard InChI is InChI=1S/C23H24ClFN6O2S/c1-30-8-10-31(11-9-30)22-18-5-2-14-12-15(3-6-17(14)21(18)27-23(26)28-22)29-34(32,33)16-4-7-19(24)20(25)13-16/h3-4,6-7,12-13,29H,2,5,8-11H2,1H3,(H2,26,27,28). The van der Waals surface area contributed by atoms with Crippen LogP contribution in [0.15, 0.2) is 41.3 Å². The van der Waals surface area contributed by atoms with Crippen molar-refractivity contribution >= 4 is 39.1 Å². The van der Waals surface area contributed by atoms with E-state index in [1.807, 2.05) is 6.07 Å². The lowest BCUT2D eigenvalue weighted by molar-refractivity contribution is 0.312. The maximum Gasteiger partial charge on any atom is 0.261 e. The fraction of sp³-hybridized carbons (Fsp3) is 0.304. The van der Waals surface area contributed by atoms with Crippen LogP contribution in [0.2, 0.25) is 5.02 Å². The van der Waals surface area contributed by atoms with Crippen molar-refractivity contribution in [2.75, 3.05) is 48.6 Å². The Hall–Kier alpha value is -2.95. The number of fused-ring (bicyclic) bond motifs is 3. The smallest absolute Gasteiger partial charge is 0.261 e. The molecule has 2 aliphatic rings. The number of benzene rings is 2. The molecule has 1 saturated heterocycles. The Morgan fingerprint density at radius 3 is 2.56 bits per heavy atom. The summed E-state index contributed by atoms with van der Waals surface area (Å²) < 4.78 is 41.8. The fourth-order valence-electron chi connectivity index (χ4n) is 4.43. The number of aryl methyl sites for hydroxylation is 1. The van der Waals surface area contributed by atoms with E-state index in [2.05, 4.69) is 31.5 Å². The first-order valence-corrected chi connectivity index (χ1v) is 12.8. The molecule has 1 aliphatic carbocycles. The van der Waals surface area contributed by atoms with E-state index in [0.717, 1.165) is 66.9 Å². The van der Waals surface area contributed by atoms with Crippen molar-refractivity contribution in [3.63, 3.8) is 0 Å². The van der Waals surface area contributed by atoms with Crippen LogP contribution in [0.3, 0.4) is 0 Å². The number of hydrogen-bond acceptors (Lipinski definition) is 7. The number of likely N-dealkylation sites (N-methyl/N-ethyl adjacent to an activating group) is 1. The van der Waals surface area contributed by atoms with Crippen molar-refractivity contribution in [2.45, 2.75) is 17.7 Å². The van der Waals surface area contributed by atoms with Crippen LogP contribution in [0.25, 0.3) is 11.3 Å². The summed E-state index contributed by atoms with van der Waals surface area (Å²) in [5, 5.41) is -0.136. The van der Waals surface area contributed by atoms with Gasteiger partial charge in [-0.1, -0.05) is 17.7 Å². The average Bonchev–Trinajstić information content (AvgIpc) is 2.80. The second-order valence-corrected chi connectivity index (χ2v) is 10.7. The maximum atomic E-state index is 13.8. The summed E-state index contributed by atoms with van der Waals surface area (Å²) >= 11 is 5.68. The number of hydrogen-bond donors (Lipinski definition) is 2. The highest BCUT2D eigenvalue weighted by Gasteiger charge is 2.27. The lowest BCUT2D eigenvalue weighted by Gasteiger charge is -2.35. The van der Waals surface area contributed by atoms with E-state index in [4.69, 9.17) is 17.3 Å². The van der Waals surface area contributed by atoms with E-state index in [-0.39, 0.29) is 15.9 Å². The van der Waals surface area contributed by atoms with Crippen molar-refractivity contribution in [3.05, 3.63) is 58.4 Å². The minimum atomic E-state index is -3.98. The Balaban J connectivity index is 1.46. The zero-order chi connectivity index (χ0) is 24.0. The minimum Gasteiger partial charge on any atom is -0.368 e. The normalized spacial score (nSPS) is 16.1. The molecule has 1 fully saturated rings. The van der Waals surface area contributed by atoms with E-state index in [1.165, 1.54) is 12.1 Å². The third-order valence-electron chi connectivity index (χ3n) is 6.26. The summed E-state index contributed by atoms with van der Waals surface area (Å²) in [7, 11) is -1.87. The number of halogens is 2. The van der Waals surface area contributed by atoms with Crippen LogP contribution in [0.1, 0.15) is 11.1 Å². The summed E-state index contributed by atoms with van der Waals surface area (Å²) in [5.74, 6) is 0.311. The number of piperazine rings is 1. The SMILES string of the molecule is CN1CCN(c2nc(N)nc3c2CCc2cc(NS(=O)(=O)c4ccc(Cl)c(F)c4)ccc2-3)CC1. The van der Waals surface area contributed by atoms with Crippen LogP contribution < -0.4 is 15.4 Å². The second-order valence-electron chi connectivity index (χ2n) is 8.58. The van der Waals surface area contributed by atoms with Gasteiger partial charge in [0.15, 0.2) is 0 Å². The Morgan fingerprint density at radius 1 is 1.06 bits per heavy atom. The Morgan fingerprint density at radius 2 is 1.82 bits per heavy atom. The van der Waals surface area contributed by atoms with Crippen LogP contribution in [-0.2, 0) is 22.9 Å². The molecule has 1 aliphatic heterocycles. The van der Waals surface area contributed by atoms with Gasteiger partial charge < -0.3 is 15.5 Å². The van der Waals surface area contributed by atoms with Crippen LogP contribution in [-0.4, -0.2) is 56.5 Å². The van der Waals surface area contributed by atoms with Gasteiger partial charge >= 0.3 is 0 Å². The molecule has 0 spiro atoms. The van der Waals surface area contributed by atoms with E-state index in [9.17, 15) is 12.8 Å². The lowest BCUT2D eigenvalue weighted by Crippen LogP contribution is -2.45. The molecule has 0 bridgehead atoms. The largest absolute Gasteiger partial charge is 0.368 e. The van der Waals surface area contributed by atoms with E-state index < -0.39 is 15.8 Å². The van der Waals surface area contributed by atoms with Gasteiger partial charge in [-0.3, -0.25) is 4.72 Å². The van der Waals surface area contributed by atoms with Gasteiger partial charge in [0.25, 0.3) is 10.0 Å². The topological polar surface area (TPSA) is 104 Å². The van der Waals surface area contributed by atoms with Crippen LogP contribution in [0.5, 0.6) is 0 Å². The number of nitrogen functional groups attached to an aromatic ring is 1. The van der Waals surface area contributed by atoms with Crippen LogP contribution in [0, 0.1) is 5.82 Å². The molecular formula is C23H24ClFN6O2S. The Kier molecular flexibility index (Phi) is 5.83. The average molecular weight is 503 g/mol. The molecule has 3 aromatic rings. The highest BCUT2D eigenvalue weighted by atomic mass is 35.5. The second kappa shape index (κ2) is 8.68.